The van der Waals surface area contributed by atoms with Crippen LogP contribution in [0.3, 0.4) is 0 Å². The summed E-state index contributed by atoms with van der Waals surface area (Å²) in [7, 11) is 0. The number of nitrogens with zero attached hydrogens (tertiary/aromatic N) is 3. The fraction of sp³-hybridized carbons (Fsp3) is 0.933. The van der Waals surface area contributed by atoms with Gasteiger partial charge in [-0.05, 0) is 47.5 Å². The molecule has 1 rings (SSSR count). The van der Waals surface area contributed by atoms with E-state index in [2.05, 4.69) is 49.7 Å². The molecule has 112 valence electrons. The van der Waals surface area contributed by atoms with Crippen molar-refractivity contribution in [2.45, 2.75) is 59.5 Å². The van der Waals surface area contributed by atoms with Crippen molar-refractivity contribution < 1.29 is 0 Å². The lowest BCUT2D eigenvalue weighted by Gasteiger charge is -2.30. The van der Waals surface area contributed by atoms with Crippen molar-refractivity contribution >= 4 is 5.96 Å². The Labute approximate surface area is 119 Å². The molecule has 0 aromatic rings. The first-order chi connectivity index (χ1) is 9.06. The number of nitrogens with one attached hydrogen (secondary N) is 1. The van der Waals surface area contributed by atoms with E-state index >= 15 is 0 Å². The fourth-order valence-electron chi connectivity index (χ4n) is 2.74. The van der Waals surface area contributed by atoms with Gasteiger partial charge in [0.25, 0.3) is 0 Å². The second-order valence-corrected chi connectivity index (χ2v) is 5.86. The van der Waals surface area contributed by atoms with Crippen molar-refractivity contribution in [1.29, 1.82) is 0 Å². The molecule has 0 unspecified atom stereocenters. The van der Waals surface area contributed by atoms with Gasteiger partial charge in [0.1, 0.15) is 0 Å². The molecule has 1 heterocycles. The number of likely N-dealkylation sites (tertiary alicyclic amines) is 1. The van der Waals surface area contributed by atoms with Crippen molar-refractivity contribution in [1.82, 2.24) is 15.1 Å². The molecule has 0 aromatic heterocycles. The zero-order chi connectivity index (χ0) is 14.3. The summed E-state index contributed by atoms with van der Waals surface area (Å²) in [4.78, 5) is 9.67. The quantitative estimate of drug-likeness (QED) is 0.591. The van der Waals surface area contributed by atoms with Gasteiger partial charge in [0.05, 0.1) is 6.54 Å². The highest BCUT2D eigenvalue weighted by Gasteiger charge is 2.16. The second-order valence-electron chi connectivity index (χ2n) is 5.86. The SMILES string of the molecule is CCNC(=NCCN(C(C)C)C(C)C)N1CCCC1. The molecule has 0 spiro atoms. The molecule has 4 nitrogen and oxygen atoms in total. The summed E-state index contributed by atoms with van der Waals surface area (Å²) in [5.41, 5.74) is 0. The summed E-state index contributed by atoms with van der Waals surface area (Å²) in [5, 5.41) is 3.41. The highest BCUT2D eigenvalue weighted by atomic mass is 15.3. The zero-order valence-electron chi connectivity index (χ0n) is 13.4. The molecule has 1 N–H and O–H groups in total. The van der Waals surface area contributed by atoms with E-state index in [0.29, 0.717) is 12.1 Å². The molecular formula is C15H32N4. The third-order valence-electron chi connectivity index (χ3n) is 3.69. The summed E-state index contributed by atoms with van der Waals surface area (Å²) >= 11 is 0. The van der Waals surface area contributed by atoms with Gasteiger partial charge in [-0.2, -0.15) is 0 Å². The largest absolute Gasteiger partial charge is 0.357 e. The lowest BCUT2D eigenvalue weighted by atomic mass is 10.2. The van der Waals surface area contributed by atoms with Crippen LogP contribution in [0.25, 0.3) is 0 Å². The Bertz CT molecular complexity index is 259. The molecule has 0 aliphatic carbocycles. The number of hydrogen-bond acceptors (Lipinski definition) is 2. The molecule has 4 heteroatoms. The van der Waals surface area contributed by atoms with Crippen LogP contribution in [0.4, 0.5) is 0 Å². The molecular weight excluding hydrogens is 236 g/mol. The van der Waals surface area contributed by atoms with E-state index < -0.39 is 0 Å². The Morgan fingerprint density at radius 2 is 1.74 bits per heavy atom. The van der Waals surface area contributed by atoms with Crippen molar-refractivity contribution in [3.05, 3.63) is 0 Å². The minimum atomic E-state index is 0.588. The Morgan fingerprint density at radius 3 is 2.21 bits per heavy atom. The average Bonchev–Trinajstić information content (AvgIpc) is 2.85. The number of rotatable bonds is 6. The maximum Gasteiger partial charge on any atom is 0.193 e. The molecule has 1 saturated heterocycles. The lowest BCUT2D eigenvalue weighted by molar-refractivity contribution is 0.180. The Kier molecular flexibility index (Phi) is 7.21. The van der Waals surface area contributed by atoms with Gasteiger partial charge in [-0.3, -0.25) is 9.89 Å². The maximum absolute atomic E-state index is 4.79. The third kappa shape index (κ3) is 5.39. The zero-order valence-corrected chi connectivity index (χ0v) is 13.4. The van der Waals surface area contributed by atoms with Crippen LogP contribution in [-0.2, 0) is 0 Å². The van der Waals surface area contributed by atoms with Gasteiger partial charge in [0.2, 0.25) is 0 Å². The predicted molar refractivity (Wildman–Crippen MR) is 83.8 cm³/mol. The van der Waals surface area contributed by atoms with Gasteiger partial charge in [0, 0.05) is 38.3 Å². The molecule has 0 aromatic carbocycles. The van der Waals surface area contributed by atoms with Gasteiger partial charge in [-0.15, -0.1) is 0 Å². The Balaban J connectivity index is 2.50. The molecule has 0 saturated carbocycles. The molecule has 0 amide bonds. The maximum atomic E-state index is 4.79. The summed E-state index contributed by atoms with van der Waals surface area (Å²) in [6.07, 6.45) is 2.60. The van der Waals surface area contributed by atoms with Crippen molar-refractivity contribution in [3.8, 4) is 0 Å². The molecule has 1 aliphatic heterocycles. The first kappa shape index (κ1) is 16.3. The Morgan fingerprint density at radius 1 is 1.16 bits per heavy atom. The van der Waals surface area contributed by atoms with Crippen LogP contribution < -0.4 is 5.32 Å². The van der Waals surface area contributed by atoms with E-state index in [0.717, 1.165) is 38.7 Å². The van der Waals surface area contributed by atoms with E-state index in [1.54, 1.807) is 0 Å². The molecule has 1 fully saturated rings. The highest BCUT2D eigenvalue weighted by molar-refractivity contribution is 5.80. The monoisotopic (exact) mass is 268 g/mol. The topological polar surface area (TPSA) is 30.9 Å². The lowest BCUT2D eigenvalue weighted by Crippen LogP contribution is -2.41. The van der Waals surface area contributed by atoms with E-state index in [-0.39, 0.29) is 0 Å². The summed E-state index contributed by atoms with van der Waals surface area (Å²) in [6, 6.07) is 1.18. The normalized spacial score (nSPS) is 17.1. The van der Waals surface area contributed by atoms with Gasteiger partial charge >= 0.3 is 0 Å². The molecule has 0 atom stereocenters. The first-order valence-corrected chi connectivity index (χ1v) is 7.85. The molecule has 0 bridgehead atoms. The number of guanidine groups is 1. The summed E-state index contributed by atoms with van der Waals surface area (Å²) < 4.78 is 0. The van der Waals surface area contributed by atoms with E-state index in [1.165, 1.54) is 12.8 Å². The average molecular weight is 268 g/mol. The Hall–Kier alpha value is -0.770. The van der Waals surface area contributed by atoms with Crippen LogP contribution >= 0.6 is 0 Å². The van der Waals surface area contributed by atoms with Crippen LogP contribution in [-0.4, -0.2) is 60.6 Å². The standard InChI is InChI=1S/C15H32N4/c1-6-16-15(18-10-7-8-11-18)17-9-12-19(13(2)3)14(4)5/h13-14H,6-12H2,1-5H3,(H,16,17). The van der Waals surface area contributed by atoms with Crippen LogP contribution in [0, 0.1) is 0 Å². The first-order valence-electron chi connectivity index (χ1n) is 7.85. The summed E-state index contributed by atoms with van der Waals surface area (Å²) in [5.74, 6) is 1.10. The number of hydrogen-bond donors (Lipinski definition) is 1. The minimum Gasteiger partial charge on any atom is -0.357 e. The van der Waals surface area contributed by atoms with E-state index in [1.807, 2.05) is 0 Å². The third-order valence-corrected chi connectivity index (χ3v) is 3.69. The fourth-order valence-corrected chi connectivity index (χ4v) is 2.74. The predicted octanol–water partition coefficient (Wildman–Crippen LogP) is 2.17. The van der Waals surface area contributed by atoms with Gasteiger partial charge in [-0.1, -0.05) is 0 Å². The van der Waals surface area contributed by atoms with Crippen molar-refractivity contribution in [2.75, 3.05) is 32.7 Å². The van der Waals surface area contributed by atoms with Crippen LogP contribution in [0.5, 0.6) is 0 Å². The van der Waals surface area contributed by atoms with Crippen LogP contribution in [0.1, 0.15) is 47.5 Å². The minimum absolute atomic E-state index is 0.588. The second kappa shape index (κ2) is 8.41. The summed E-state index contributed by atoms with van der Waals surface area (Å²) in [6.45, 7) is 16.4. The van der Waals surface area contributed by atoms with Crippen LogP contribution in [0.2, 0.25) is 0 Å². The van der Waals surface area contributed by atoms with E-state index in [9.17, 15) is 0 Å². The van der Waals surface area contributed by atoms with E-state index in [4.69, 9.17) is 4.99 Å². The highest BCUT2D eigenvalue weighted by Crippen LogP contribution is 2.08. The van der Waals surface area contributed by atoms with Gasteiger partial charge in [0.15, 0.2) is 5.96 Å². The van der Waals surface area contributed by atoms with Crippen molar-refractivity contribution in [3.63, 3.8) is 0 Å². The van der Waals surface area contributed by atoms with Gasteiger partial charge in [-0.25, -0.2) is 0 Å². The van der Waals surface area contributed by atoms with Gasteiger partial charge < -0.3 is 10.2 Å². The number of aliphatic imine (C=N–C) groups is 1. The molecule has 0 radical (unpaired) electrons. The van der Waals surface area contributed by atoms with Crippen molar-refractivity contribution in [2.24, 2.45) is 4.99 Å². The molecule has 19 heavy (non-hydrogen) atoms. The molecule has 1 aliphatic rings. The van der Waals surface area contributed by atoms with Crippen LogP contribution in [0.15, 0.2) is 4.99 Å². The smallest absolute Gasteiger partial charge is 0.193 e.